The lowest BCUT2D eigenvalue weighted by Crippen LogP contribution is -2.40. The van der Waals surface area contributed by atoms with Gasteiger partial charge in [0.15, 0.2) is 11.9 Å². The topological polar surface area (TPSA) is 166 Å². The molecule has 4 rings (SSSR count). The van der Waals surface area contributed by atoms with Gasteiger partial charge in [0.1, 0.15) is 13.2 Å². The van der Waals surface area contributed by atoms with Crippen molar-refractivity contribution in [3.8, 4) is 0 Å². The zero-order valence-corrected chi connectivity index (χ0v) is 37.5. The summed E-state index contributed by atoms with van der Waals surface area (Å²) < 4.78 is 21.9. The van der Waals surface area contributed by atoms with E-state index in [4.69, 9.17) is 18.9 Å². The van der Waals surface area contributed by atoms with Gasteiger partial charge in [-0.15, -0.1) is 0 Å². The number of amides is 1. The molecular weight excluding hydrogens is 819 g/mol. The second-order valence-corrected chi connectivity index (χ2v) is 18.2. The maximum atomic E-state index is 13.4. The van der Waals surface area contributed by atoms with Gasteiger partial charge in [-0.3, -0.25) is 19.2 Å². The number of hydrogen-bond donors (Lipinski definition) is 2. The first-order chi connectivity index (χ1) is 29.1. The van der Waals surface area contributed by atoms with Gasteiger partial charge in [0.2, 0.25) is 18.3 Å². The van der Waals surface area contributed by atoms with Crippen molar-refractivity contribution in [2.75, 3.05) is 19.8 Å². The minimum Gasteiger partial charge on any atom is -0.505 e. The Morgan fingerprint density at radius 3 is 1.85 bits per heavy atom. The van der Waals surface area contributed by atoms with E-state index in [0.717, 1.165) is 34.4 Å². The van der Waals surface area contributed by atoms with E-state index in [2.05, 4.69) is 27.7 Å². The highest BCUT2D eigenvalue weighted by molar-refractivity contribution is 8.77. The quantitative estimate of drug-likeness (QED) is 0.0402. The van der Waals surface area contributed by atoms with Gasteiger partial charge in [-0.25, -0.2) is 4.79 Å². The van der Waals surface area contributed by atoms with Crippen molar-refractivity contribution in [2.24, 2.45) is 11.8 Å². The molecule has 2 N–H and O–H groups in total. The Kier molecular flexibility index (Phi) is 18.8. The molecule has 1 aliphatic rings. The maximum Gasteiger partial charge on any atom is 0.378 e. The van der Waals surface area contributed by atoms with Gasteiger partial charge in [-0.1, -0.05) is 128 Å². The summed E-state index contributed by atoms with van der Waals surface area (Å²) in [6.45, 7) is 12.4. The van der Waals surface area contributed by atoms with Gasteiger partial charge in [-0.2, -0.15) is 0 Å². The van der Waals surface area contributed by atoms with Gasteiger partial charge >= 0.3 is 23.9 Å². The molecule has 1 heterocycles. The lowest BCUT2D eigenvalue weighted by Gasteiger charge is -2.25. The highest BCUT2D eigenvalue weighted by atomic mass is 33.1. The van der Waals surface area contributed by atoms with Crippen molar-refractivity contribution >= 4 is 51.9 Å². The Hall–Kier alpha value is -5.21. The Balaban J connectivity index is 1.44. The van der Waals surface area contributed by atoms with Crippen molar-refractivity contribution < 1.29 is 53.1 Å². The zero-order chi connectivity index (χ0) is 44.6. The molecule has 0 saturated carbocycles. The summed E-state index contributed by atoms with van der Waals surface area (Å²) >= 11 is 0. The highest BCUT2D eigenvalue weighted by Crippen LogP contribution is 2.37. The highest BCUT2D eigenvalue weighted by Gasteiger charge is 2.43. The first kappa shape index (κ1) is 48.5. The number of carbonyl (C=O) groups is 5. The Morgan fingerprint density at radius 1 is 0.787 bits per heavy atom. The largest absolute Gasteiger partial charge is 0.505 e. The third kappa shape index (κ3) is 14.7. The van der Waals surface area contributed by atoms with E-state index < -0.39 is 72.6 Å². The lowest BCUT2D eigenvalue weighted by molar-refractivity contribution is -0.172. The molecular formula is C47H57NO11S2. The molecule has 3 aromatic carbocycles. The van der Waals surface area contributed by atoms with E-state index in [1.165, 1.54) is 27.2 Å². The van der Waals surface area contributed by atoms with E-state index in [9.17, 15) is 34.2 Å². The number of hydrogen-bond acceptors (Lipinski definition) is 13. The van der Waals surface area contributed by atoms with Gasteiger partial charge in [0.05, 0.1) is 18.4 Å². The van der Waals surface area contributed by atoms with Crippen LogP contribution in [0.25, 0.3) is 0 Å². The zero-order valence-electron chi connectivity index (χ0n) is 35.8. The Labute approximate surface area is 366 Å². The molecule has 0 radical (unpaired) electrons. The summed E-state index contributed by atoms with van der Waals surface area (Å²) in [4.78, 5) is 66.2. The fraction of sp³-hybridized carbons (Fsp3) is 0.426. The van der Waals surface area contributed by atoms with E-state index >= 15 is 0 Å². The van der Waals surface area contributed by atoms with Gasteiger partial charge in [-0.05, 0) is 73.3 Å². The summed E-state index contributed by atoms with van der Waals surface area (Å²) in [6.07, 6.45) is -0.645. The van der Waals surface area contributed by atoms with Crippen LogP contribution in [0.4, 0.5) is 0 Å². The molecule has 1 amide bonds. The van der Waals surface area contributed by atoms with E-state index in [0.29, 0.717) is 40.2 Å². The molecule has 12 nitrogen and oxygen atoms in total. The minimum atomic E-state index is -1.65. The normalized spacial score (nSPS) is 15.8. The summed E-state index contributed by atoms with van der Waals surface area (Å²) in [6, 6.07) is 25.2. The van der Waals surface area contributed by atoms with Crippen LogP contribution >= 0.6 is 21.6 Å². The second-order valence-electron chi connectivity index (χ2n) is 15.8. The van der Waals surface area contributed by atoms with Gasteiger partial charge < -0.3 is 34.1 Å². The maximum absolute atomic E-state index is 13.4. The summed E-state index contributed by atoms with van der Waals surface area (Å²) in [5.41, 5.74) is 5.30. The number of allylic oxidation sites excluding steroid dienone is 1. The number of ether oxygens (including phenoxy) is 4. The fourth-order valence-electron chi connectivity index (χ4n) is 6.40. The molecule has 4 atom stereocenters. The van der Waals surface area contributed by atoms with Crippen molar-refractivity contribution in [1.82, 2.24) is 4.90 Å². The molecule has 0 aromatic heterocycles. The van der Waals surface area contributed by atoms with Crippen LogP contribution in [0.5, 0.6) is 0 Å². The molecule has 1 aliphatic heterocycles. The van der Waals surface area contributed by atoms with E-state index in [-0.39, 0.29) is 13.0 Å². The molecule has 0 saturated heterocycles. The Morgan fingerprint density at radius 2 is 1.34 bits per heavy atom. The van der Waals surface area contributed by atoms with Crippen LogP contribution in [0.15, 0.2) is 101 Å². The van der Waals surface area contributed by atoms with Crippen LogP contribution in [-0.2, 0) is 61.5 Å². The number of rotatable bonds is 23. The first-order valence-corrected chi connectivity index (χ1v) is 22.7. The fourth-order valence-corrected chi connectivity index (χ4v) is 8.96. The molecule has 328 valence electrons. The number of esters is 4. The van der Waals surface area contributed by atoms with Gasteiger partial charge in [0, 0.05) is 22.8 Å². The average molecular weight is 876 g/mol. The van der Waals surface area contributed by atoms with Crippen molar-refractivity contribution in [3.63, 3.8) is 0 Å². The number of aliphatic hydroxyl groups is 2. The van der Waals surface area contributed by atoms with Gasteiger partial charge in [0.25, 0.3) is 0 Å². The molecule has 0 aliphatic carbocycles. The van der Waals surface area contributed by atoms with Crippen LogP contribution in [0.1, 0.15) is 94.5 Å². The third-order valence-electron chi connectivity index (χ3n) is 9.97. The number of benzene rings is 3. The molecule has 0 bridgehead atoms. The lowest BCUT2D eigenvalue weighted by atomic mass is 9.97. The van der Waals surface area contributed by atoms with Crippen LogP contribution < -0.4 is 0 Å². The van der Waals surface area contributed by atoms with Crippen molar-refractivity contribution in [2.45, 2.75) is 97.5 Å². The Bertz CT molecular complexity index is 2010. The van der Waals surface area contributed by atoms with Crippen molar-refractivity contribution in [1.29, 1.82) is 0 Å². The molecule has 14 heteroatoms. The van der Waals surface area contributed by atoms with Crippen molar-refractivity contribution in [3.05, 3.63) is 129 Å². The smallest absolute Gasteiger partial charge is 0.378 e. The summed E-state index contributed by atoms with van der Waals surface area (Å²) in [5.74, 6) is -4.90. The third-order valence-corrected chi connectivity index (χ3v) is 12.6. The average Bonchev–Trinajstić information content (AvgIpc) is 3.50. The van der Waals surface area contributed by atoms with E-state index in [1.54, 1.807) is 20.8 Å². The predicted molar refractivity (Wildman–Crippen MR) is 236 cm³/mol. The number of nitrogens with zero attached hydrogens (tertiary/aromatic N) is 1. The summed E-state index contributed by atoms with van der Waals surface area (Å²) in [5, 5.41) is 20.5. The minimum absolute atomic E-state index is 0.0227. The number of aliphatic hydroxyl groups excluding tert-OH is 2. The molecule has 4 unspecified atom stereocenters. The van der Waals surface area contributed by atoms with Crippen LogP contribution in [-0.4, -0.2) is 77.4 Å². The number of cyclic esters (lactones) is 1. The second kappa shape index (κ2) is 23.7. The molecule has 61 heavy (non-hydrogen) atoms. The molecule has 3 aromatic rings. The number of carbonyl (C=O) groups excluding carboxylic acids is 5. The molecule has 0 spiro atoms. The summed E-state index contributed by atoms with van der Waals surface area (Å²) in [7, 11) is 2.91. The van der Waals surface area contributed by atoms with Crippen LogP contribution in [0, 0.1) is 11.8 Å². The first-order valence-electron chi connectivity index (χ1n) is 20.4. The molecule has 0 fully saturated rings. The van der Waals surface area contributed by atoms with Crippen LogP contribution in [0.2, 0.25) is 0 Å². The van der Waals surface area contributed by atoms with E-state index in [1.807, 2.05) is 78.9 Å². The predicted octanol–water partition coefficient (Wildman–Crippen LogP) is 8.90. The van der Waals surface area contributed by atoms with Crippen LogP contribution in [0.3, 0.4) is 0 Å². The standard InChI is InChI=1S/C47H57NO11S2/c1-29(2)23-34-13-17-37(18-14-34)31(5)45(53)56-22-21-40(61-60-27-36-11-9-8-10-12-36)33(7)48(28-49)25-41(50)57-26-39(44-42(51)43(52)47(55)59-44)58-46(54)32(6)38-19-15-35(16-20-38)24-30(3)4/h8-20,28-32,39,44,51-52H,21-27H2,1-7H3/b40-33-. The SMILES string of the molecule is C/C(=C(\CCOC(=O)C(C)c1ccc(CC(C)C)cc1)SSCc1ccccc1)N(C=O)CC(=O)OCC(OC(=O)C(C)c1ccc(CC(C)C)cc1)C1OC(=O)C(O)=C1O. The monoisotopic (exact) mass is 875 g/mol.